The summed E-state index contributed by atoms with van der Waals surface area (Å²) in [5.74, 6) is -0.149. The molecule has 2 atom stereocenters. The highest BCUT2D eigenvalue weighted by Gasteiger charge is 2.46. The molecule has 21 heavy (non-hydrogen) atoms. The van der Waals surface area contributed by atoms with E-state index in [9.17, 15) is 13.2 Å². The number of aryl methyl sites for hydroxylation is 1. The van der Waals surface area contributed by atoms with Gasteiger partial charge in [0.1, 0.15) is 0 Å². The molecule has 0 spiro atoms. The van der Waals surface area contributed by atoms with Crippen molar-refractivity contribution in [1.82, 2.24) is 4.31 Å². The first-order chi connectivity index (χ1) is 9.78. The van der Waals surface area contributed by atoms with Crippen LogP contribution in [0, 0.1) is 18.8 Å². The largest absolute Gasteiger partial charge is 0.274 e. The van der Waals surface area contributed by atoms with Gasteiger partial charge in [-0.25, -0.2) is 12.7 Å². The van der Waals surface area contributed by atoms with E-state index in [4.69, 9.17) is 0 Å². The number of rotatable bonds is 4. The van der Waals surface area contributed by atoms with E-state index in [1.165, 1.54) is 0 Å². The monoisotopic (exact) mass is 307 g/mol. The average molecular weight is 307 g/mol. The first kappa shape index (κ1) is 15.8. The number of nitrogens with zero attached hydrogens (tertiary/aromatic N) is 1. The highest BCUT2D eigenvalue weighted by Crippen LogP contribution is 2.36. The number of amides is 1. The van der Waals surface area contributed by atoms with E-state index in [0.717, 1.165) is 9.87 Å². The maximum absolute atomic E-state index is 12.8. The van der Waals surface area contributed by atoms with Gasteiger partial charge in [0.25, 0.3) is 10.0 Å². The van der Waals surface area contributed by atoms with Crippen LogP contribution < -0.4 is 0 Å². The summed E-state index contributed by atoms with van der Waals surface area (Å²) in [4.78, 5) is 12.4. The van der Waals surface area contributed by atoms with Crippen LogP contribution in [0.5, 0.6) is 0 Å². The zero-order valence-corrected chi connectivity index (χ0v) is 13.4. The van der Waals surface area contributed by atoms with Crippen molar-refractivity contribution in [1.29, 1.82) is 0 Å². The van der Waals surface area contributed by atoms with Crippen molar-refractivity contribution in [3.63, 3.8) is 0 Å². The molecule has 0 N–H and O–H groups in total. The summed E-state index contributed by atoms with van der Waals surface area (Å²) in [6, 6.07) is 6.08. The zero-order chi connectivity index (χ0) is 15.8. The number of carbonyl (C=O) groups is 1. The molecule has 0 aromatic heterocycles. The zero-order valence-electron chi connectivity index (χ0n) is 12.6. The van der Waals surface area contributed by atoms with E-state index in [1.54, 1.807) is 30.3 Å². The van der Waals surface area contributed by atoms with Crippen molar-refractivity contribution in [2.75, 3.05) is 0 Å². The summed E-state index contributed by atoms with van der Waals surface area (Å²) in [6.07, 6.45) is 1.82. The van der Waals surface area contributed by atoms with Gasteiger partial charge in [0.05, 0.1) is 10.9 Å². The minimum absolute atomic E-state index is 0.0183. The van der Waals surface area contributed by atoms with Crippen LogP contribution >= 0.6 is 0 Å². The standard InChI is InChI=1S/C16H21NO3S/c1-5-15-14(11(2)3)10-16(18)17(15)21(19,20)13-8-6-12(4)7-9-13/h5-9,11,14-15H,1,10H2,2-4H3. The van der Waals surface area contributed by atoms with Crippen LogP contribution in [-0.4, -0.2) is 24.7 Å². The second-order valence-corrected chi connectivity index (χ2v) is 7.66. The summed E-state index contributed by atoms with van der Waals surface area (Å²) < 4.78 is 26.5. The third-order valence-electron chi connectivity index (χ3n) is 4.04. The highest BCUT2D eigenvalue weighted by atomic mass is 32.2. The molecule has 1 aromatic rings. The number of carbonyl (C=O) groups excluding carboxylic acids is 1. The van der Waals surface area contributed by atoms with E-state index in [-0.39, 0.29) is 29.1 Å². The van der Waals surface area contributed by atoms with Gasteiger partial charge < -0.3 is 0 Å². The second-order valence-electron chi connectivity index (χ2n) is 5.85. The number of hydrogen-bond donors (Lipinski definition) is 0. The molecule has 0 aliphatic carbocycles. The molecule has 0 saturated carbocycles. The summed E-state index contributed by atoms with van der Waals surface area (Å²) in [7, 11) is -3.82. The van der Waals surface area contributed by atoms with Crippen LogP contribution in [-0.2, 0) is 14.8 Å². The van der Waals surface area contributed by atoms with Gasteiger partial charge in [0.15, 0.2) is 0 Å². The highest BCUT2D eigenvalue weighted by molar-refractivity contribution is 7.89. The molecule has 2 unspecified atom stereocenters. The van der Waals surface area contributed by atoms with Crippen molar-refractivity contribution in [3.05, 3.63) is 42.5 Å². The topological polar surface area (TPSA) is 54.5 Å². The molecule has 4 nitrogen and oxygen atoms in total. The fraction of sp³-hybridized carbons (Fsp3) is 0.438. The van der Waals surface area contributed by atoms with Crippen LogP contribution in [0.2, 0.25) is 0 Å². The van der Waals surface area contributed by atoms with Gasteiger partial charge in [-0.1, -0.05) is 37.6 Å². The predicted octanol–water partition coefficient (Wildman–Crippen LogP) is 2.74. The van der Waals surface area contributed by atoms with E-state index in [0.29, 0.717) is 0 Å². The van der Waals surface area contributed by atoms with E-state index in [1.807, 2.05) is 20.8 Å². The molecule has 1 aromatic carbocycles. The normalized spacial score (nSPS) is 22.9. The molecule has 1 heterocycles. The van der Waals surface area contributed by atoms with Gasteiger partial charge in [-0.15, -0.1) is 6.58 Å². The Labute approximate surface area is 126 Å². The molecule has 0 bridgehead atoms. The maximum atomic E-state index is 12.8. The molecule has 0 radical (unpaired) electrons. The van der Waals surface area contributed by atoms with E-state index in [2.05, 4.69) is 6.58 Å². The number of hydrogen-bond acceptors (Lipinski definition) is 3. The Morgan fingerprint density at radius 2 is 1.86 bits per heavy atom. The SMILES string of the molecule is C=CC1C(C(C)C)CC(=O)N1S(=O)(=O)c1ccc(C)cc1. The van der Waals surface area contributed by atoms with E-state index < -0.39 is 16.1 Å². The first-order valence-corrected chi connectivity index (χ1v) is 8.49. The lowest BCUT2D eigenvalue weighted by Crippen LogP contribution is -2.39. The Morgan fingerprint density at radius 1 is 1.29 bits per heavy atom. The summed E-state index contributed by atoms with van der Waals surface area (Å²) >= 11 is 0. The minimum Gasteiger partial charge on any atom is -0.274 e. The quantitative estimate of drug-likeness (QED) is 0.804. The number of benzene rings is 1. The van der Waals surface area contributed by atoms with Gasteiger partial charge in [0.2, 0.25) is 5.91 Å². The van der Waals surface area contributed by atoms with Crippen molar-refractivity contribution >= 4 is 15.9 Å². The Balaban J connectivity index is 2.45. The molecule has 1 aliphatic rings. The van der Waals surface area contributed by atoms with Crippen molar-refractivity contribution in [2.24, 2.45) is 11.8 Å². The minimum atomic E-state index is -3.82. The molecule has 1 fully saturated rings. The number of sulfonamides is 1. The molecule has 2 rings (SSSR count). The van der Waals surface area contributed by atoms with E-state index >= 15 is 0 Å². The van der Waals surface area contributed by atoms with Crippen LogP contribution in [0.3, 0.4) is 0 Å². The molecule has 1 aliphatic heterocycles. The molecular weight excluding hydrogens is 286 g/mol. The summed E-state index contributed by atoms with van der Waals surface area (Å²) in [6.45, 7) is 9.60. The lowest BCUT2D eigenvalue weighted by atomic mass is 9.89. The van der Waals surface area contributed by atoms with Crippen molar-refractivity contribution in [3.8, 4) is 0 Å². The van der Waals surface area contributed by atoms with Crippen LogP contribution in [0.1, 0.15) is 25.8 Å². The van der Waals surface area contributed by atoms with Gasteiger partial charge in [-0.2, -0.15) is 0 Å². The van der Waals surface area contributed by atoms with Crippen molar-refractivity contribution in [2.45, 2.75) is 38.1 Å². The van der Waals surface area contributed by atoms with Gasteiger partial charge >= 0.3 is 0 Å². The Kier molecular flexibility index (Phi) is 4.23. The lowest BCUT2D eigenvalue weighted by molar-refractivity contribution is -0.124. The third-order valence-corrected chi connectivity index (χ3v) is 5.87. The van der Waals surface area contributed by atoms with Gasteiger partial charge in [-0.3, -0.25) is 4.79 Å². The van der Waals surface area contributed by atoms with Crippen LogP contribution in [0.15, 0.2) is 41.8 Å². The molecule has 5 heteroatoms. The Morgan fingerprint density at radius 3 is 2.33 bits per heavy atom. The second kappa shape index (κ2) is 5.64. The smallest absolute Gasteiger partial charge is 0.267 e. The third kappa shape index (κ3) is 2.75. The van der Waals surface area contributed by atoms with Gasteiger partial charge in [-0.05, 0) is 30.9 Å². The fourth-order valence-electron chi connectivity index (χ4n) is 2.77. The molecule has 1 amide bonds. The van der Waals surface area contributed by atoms with Crippen molar-refractivity contribution < 1.29 is 13.2 Å². The lowest BCUT2D eigenvalue weighted by Gasteiger charge is -2.26. The Bertz CT molecular complexity index is 647. The van der Waals surface area contributed by atoms with Gasteiger partial charge in [0, 0.05) is 6.42 Å². The molecule has 1 saturated heterocycles. The summed E-state index contributed by atoms with van der Waals surface area (Å²) in [5, 5.41) is 0. The summed E-state index contributed by atoms with van der Waals surface area (Å²) in [5.41, 5.74) is 0.974. The molecular formula is C16H21NO3S. The maximum Gasteiger partial charge on any atom is 0.267 e. The Hall–Kier alpha value is -1.62. The predicted molar refractivity (Wildman–Crippen MR) is 82.1 cm³/mol. The van der Waals surface area contributed by atoms with Crippen LogP contribution in [0.4, 0.5) is 0 Å². The molecule has 114 valence electrons. The first-order valence-electron chi connectivity index (χ1n) is 7.05. The fourth-order valence-corrected chi connectivity index (χ4v) is 4.38. The average Bonchev–Trinajstić information content (AvgIpc) is 2.76. The van der Waals surface area contributed by atoms with Crippen LogP contribution in [0.25, 0.3) is 0 Å².